The molecule has 0 unspecified atom stereocenters. The van der Waals surface area contributed by atoms with Crippen molar-refractivity contribution < 1.29 is 0 Å². The Balaban J connectivity index is 0.000000106. The van der Waals surface area contributed by atoms with Crippen LogP contribution in [0.3, 0.4) is 0 Å². The van der Waals surface area contributed by atoms with E-state index < -0.39 is 16.2 Å². The molecule has 0 amide bonds. The molecule has 150 heavy (non-hydrogen) atoms. The first-order chi connectivity index (χ1) is 74.3. The van der Waals surface area contributed by atoms with Gasteiger partial charge in [0.2, 0.25) is 5.95 Å². The molecule has 0 spiro atoms. The van der Waals surface area contributed by atoms with Gasteiger partial charge < -0.3 is 10.3 Å². The molecule has 3 heterocycles. The smallest absolute Gasteiger partial charge is 0.205 e. The van der Waals surface area contributed by atoms with Gasteiger partial charge in [-0.2, -0.15) is 0 Å². The van der Waals surface area contributed by atoms with E-state index in [1.807, 2.05) is 30.6 Å². The molecule has 7 nitrogen and oxygen atoms in total. The number of para-hydroxylation sites is 6. The summed E-state index contributed by atoms with van der Waals surface area (Å²) in [5.74, 6) is 1.45. The minimum Gasteiger partial charge on any atom is -0.369 e. The fourth-order valence-corrected chi connectivity index (χ4v) is 26.6. The summed E-state index contributed by atoms with van der Waals surface area (Å²) in [4.78, 5) is 14.4. The molecule has 3 aliphatic carbocycles. The standard InChI is InChI=1S/C50H33N3.C47H32N2.C46H30N2/c51-49-52-43-28-13-14-29-45(43)53(49)44-31-30-39(34-20-7-8-22-36(34)44)46-38-23-9-10-24-40(38)48-47-37(25-15-26-41(46)47)35-21-11-12-27-42(35)50(48,32-16-3-1-4-17-32)33-18-5-2-6-19-33;1-49-42-29-13-12-28-41(42)48-46(49)32-17-14-16-31(30-32)43-37-23-8-9-24-38(37)45-44-36(25-15-26-39(43)44)35-22-10-11-27-40(35)47(45,33-18-4-2-5-19-33)34-20-6-3-7-21-34;1-3-14-32(15-4-1)46(33-16-5-2-6-17-33)40-23-10-9-18-35(40)36-21-13-22-39-43(37-19-7-8-20-38(37)45(46)44(36)39)31-26-28-34(29-27-31)48-30-47-41-24-11-12-25-42(41)48/h1-31H,(H2,51,52);2-30H,1H3;1-30H. The summed E-state index contributed by atoms with van der Waals surface area (Å²) in [6.45, 7) is 0. The Kier molecular flexibility index (Phi) is 20.3. The number of hydrogen-bond donors (Lipinski definition) is 1. The maximum absolute atomic E-state index is 6.64. The van der Waals surface area contributed by atoms with Gasteiger partial charge in [-0.1, -0.05) is 479 Å². The van der Waals surface area contributed by atoms with E-state index in [9.17, 15) is 0 Å². The number of imidazole rings is 3. The van der Waals surface area contributed by atoms with Crippen molar-refractivity contribution in [2.75, 3.05) is 5.73 Å². The number of hydrogen-bond acceptors (Lipinski definition) is 4. The molecule has 0 radical (unpaired) electrons. The Hall–Kier alpha value is -19.5. The number of aryl methyl sites for hydroxylation is 1. The van der Waals surface area contributed by atoms with Crippen LogP contribution < -0.4 is 5.73 Å². The number of nitrogens with two attached hydrogens (primary N) is 1. The average molecular weight is 1910 g/mol. The van der Waals surface area contributed by atoms with Crippen LogP contribution in [0, 0.1) is 0 Å². The summed E-state index contributed by atoms with van der Waals surface area (Å²) in [5, 5.41) is 17.5. The minimum atomic E-state index is -0.560. The van der Waals surface area contributed by atoms with Crippen LogP contribution in [0.4, 0.5) is 5.95 Å². The van der Waals surface area contributed by atoms with Gasteiger partial charge in [0.25, 0.3) is 0 Å². The second-order valence-corrected chi connectivity index (χ2v) is 39.8. The third kappa shape index (κ3) is 12.9. The lowest BCUT2D eigenvalue weighted by molar-refractivity contribution is 0.757. The second kappa shape index (κ2) is 34.9. The molecule has 702 valence electrons. The van der Waals surface area contributed by atoms with Crippen molar-refractivity contribution in [1.29, 1.82) is 0 Å². The zero-order valence-electron chi connectivity index (χ0n) is 82.2. The van der Waals surface area contributed by atoms with Crippen molar-refractivity contribution in [2.45, 2.75) is 16.2 Å². The van der Waals surface area contributed by atoms with Gasteiger partial charge in [-0.3, -0.25) is 9.13 Å². The van der Waals surface area contributed by atoms with Gasteiger partial charge in [-0.25, -0.2) is 15.0 Å². The van der Waals surface area contributed by atoms with Crippen LogP contribution in [0.5, 0.6) is 0 Å². The van der Waals surface area contributed by atoms with E-state index in [1.165, 1.54) is 204 Å². The third-order valence-corrected chi connectivity index (χ3v) is 32.5. The van der Waals surface area contributed by atoms with Gasteiger partial charge in [-0.05, 0) is 264 Å². The van der Waals surface area contributed by atoms with Crippen LogP contribution in [-0.4, -0.2) is 28.7 Å². The monoisotopic (exact) mass is 1910 g/mol. The maximum Gasteiger partial charge on any atom is 0.205 e. The first-order valence-electron chi connectivity index (χ1n) is 51.7. The van der Waals surface area contributed by atoms with Crippen LogP contribution in [0.1, 0.15) is 66.8 Å². The van der Waals surface area contributed by atoms with Gasteiger partial charge in [0.15, 0.2) is 0 Å². The van der Waals surface area contributed by atoms with Gasteiger partial charge in [0.05, 0.1) is 55.0 Å². The highest BCUT2D eigenvalue weighted by Crippen LogP contribution is 2.64. The molecule has 28 aromatic rings. The van der Waals surface area contributed by atoms with E-state index in [0.717, 1.165) is 61.2 Å². The van der Waals surface area contributed by atoms with E-state index in [2.05, 4.69) is 541 Å². The fourth-order valence-electron chi connectivity index (χ4n) is 26.6. The quantitative estimate of drug-likeness (QED) is 0.124. The molecule has 0 bridgehead atoms. The number of benzene rings is 25. The molecular formula is C143H95N7. The number of nitrogen functional groups attached to an aromatic ring is 1. The summed E-state index contributed by atoms with van der Waals surface area (Å²) < 4.78 is 6.46. The Bertz CT molecular complexity index is 10200. The molecule has 0 aliphatic heterocycles. The van der Waals surface area contributed by atoms with Crippen molar-refractivity contribution in [3.8, 4) is 89.5 Å². The topological polar surface area (TPSA) is 79.5 Å². The molecule has 3 aromatic heterocycles. The molecule has 2 N–H and O–H groups in total. The Morgan fingerprint density at radius 3 is 0.993 bits per heavy atom. The zero-order chi connectivity index (χ0) is 99.3. The number of aromatic nitrogens is 6. The number of anilines is 1. The SMILES string of the molecule is Cn1c(-c2cccc(-c3c4ccccc4c4c5c(cccc35)-c3ccccc3C4(c3ccccc3)c3ccccc3)c2)nc2ccccc21.Nc1nc2ccccc2n1-c1ccc(-c2c3ccccc3c3c4c(cccc24)-c2ccccc2C3(c2ccccc2)c2ccccc2)c2ccccc12.c1ccc(C2(c3ccccc3)c3ccccc3-c3cccc4c(-c5ccc(-n6cnc7ccccc76)cc5)c5ccccc5c2c34)cc1. The largest absolute Gasteiger partial charge is 0.369 e. The lowest BCUT2D eigenvalue weighted by Crippen LogP contribution is -2.34. The summed E-state index contributed by atoms with van der Waals surface area (Å²) in [6.07, 6.45) is 1.92. The van der Waals surface area contributed by atoms with Crippen molar-refractivity contribution >= 4 is 114 Å². The minimum absolute atomic E-state index is 0.480. The van der Waals surface area contributed by atoms with Crippen LogP contribution in [0.25, 0.3) is 198 Å². The van der Waals surface area contributed by atoms with E-state index >= 15 is 0 Å². The summed E-state index contributed by atoms with van der Waals surface area (Å²) in [7, 11) is 2.11. The third-order valence-electron chi connectivity index (χ3n) is 32.5. The first-order valence-corrected chi connectivity index (χ1v) is 51.7. The second-order valence-electron chi connectivity index (χ2n) is 39.8. The lowest BCUT2D eigenvalue weighted by Gasteiger charge is -2.43. The van der Waals surface area contributed by atoms with E-state index in [0.29, 0.717) is 5.95 Å². The first kappa shape index (κ1) is 87.1. The summed E-state index contributed by atoms with van der Waals surface area (Å²) in [6, 6.07) is 198. The molecule has 0 fully saturated rings. The molecular weight excluding hydrogens is 1820 g/mol. The van der Waals surface area contributed by atoms with Crippen LogP contribution in [-0.2, 0) is 23.3 Å². The Morgan fingerprint density at radius 2 is 0.547 bits per heavy atom. The van der Waals surface area contributed by atoms with Crippen LogP contribution in [0.2, 0.25) is 0 Å². The van der Waals surface area contributed by atoms with Crippen molar-refractivity contribution in [1.82, 2.24) is 28.7 Å². The molecule has 0 saturated carbocycles. The summed E-state index contributed by atoms with van der Waals surface area (Å²) >= 11 is 0. The zero-order valence-corrected chi connectivity index (χ0v) is 82.2. The van der Waals surface area contributed by atoms with E-state index in [4.69, 9.17) is 15.7 Å². The lowest BCUT2D eigenvalue weighted by atomic mass is 9.58. The molecule has 7 heteroatoms. The van der Waals surface area contributed by atoms with E-state index in [1.54, 1.807) is 0 Å². The number of fused-ring (bicyclic) bond motifs is 16. The predicted molar refractivity (Wildman–Crippen MR) is 623 cm³/mol. The Morgan fingerprint density at radius 1 is 0.220 bits per heavy atom. The molecule has 0 saturated heterocycles. The molecule has 31 rings (SSSR count). The van der Waals surface area contributed by atoms with Crippen molar-refractivity contribution in [3.05, 3.63) is 613 Å². The highest BCUT2D eigenvalue weighted by molar-refractivity contribution is 6.26. The van der Waals surface area contributed by atoms with Crippen LogP contribution in [0.15, 0.2) is 546 Å². The Labute approximate surface area is 868 Å². The molecule has 0 atom stereocenters. The van der Waals surface area contributed by atoms with Gasteiger partial charge >= 0.3 is 0 Å². The normalized spacial score (nSPS) is 13.2. The predicted octanol–water partition coefficient (Wildman–Crippen LogP) is 35.0. The van der Waals surface area contributed by atoms with Crippen LogP contribution >= 0.6 is 0 Å². The molecule has 3 aliphatic rings. The van der Waals surface area contributed by atoms with Gasteiger partial charge in [0.1, 0.15) is 12.2 Å². The molecule has 25 aromatic carbocycles. The van der Waals surface area contributed by atoms with Crippen molar-refractivity contribution in [3.63, 3.8) is 0 Å². The summed E-state index contributed by atoms with van der Waals surface area (Å²) in [5.41, 5.74) is 44.9. The maximum atomic E-state index is 6.64. The fraction of sp³-hybridized carbons (Fsp3) is 0.0280. The highest BCUT2D eigenvalue weighted by Gasteiger charge is 2.50. The number of rotatable bonds is 12. The average Bonchev–Trinajstić information content (AvgIpc) is 0.778. The highest BCUT2D eigenvalue weighted by atomic mass is 15.2. The van der Waals surface area contributed by atoms with Gasteiger partial charge in [-0.15, -0.1) is 0 Å². The van der Waals surface area contributed by atoms with E-state index in [-0.39, 0.29) is 0 Å². The van der Waals surface area contributed by atoms with Gasteiger partial charge in [0, 0.05) is 23.7 Å². The number of nitrogens with zero attached hydrogens (tertiary/aromatic N) is 6. The van der Waals surface area contributed by atoms with Crippen molar-refractivity contribution in [2.24, 2.45) is 7.05 Å².